The molecule has 1 aromatic carbocycles. The summed E-state index contributed by atoms with van der Waals surface area (Å²) in [5.74, 6) is -1.87. The maximum atomic E-state index is 11.6. The van der Waals surface area contributed by atoms with Crippen molar-refractivity contribution >= 4 is 34.4 Å². The summed E-state index contributed by atoms with van der Waals surface area (Å²) >= 11 is 5.79. The zero-order valence-electron chi connectivity index (χ0n) is 8.55. The van der Waals surface area contributed by atoms with Crippen molar-refractivity contribution in [3.05, 3.63) is 35.1 Å². The Hall–Kier alpha value is -2.01. The van der Waals surface area contributed by atoms with E-state index in [-0.39, 0.29) is 10.8 Å². The van der Waals surface area contributed by atoms with Gasteiger partial charge in [-0.1, -0.05) is 23.7 Å². The summed E-state index contributed by atoms with van der Waals surface area (Å²) in [5, 5.41) is 8.46. The number of fused-ring (bicyclic) bond motifs is 1. The van der Waals surface area contributed by atoms with E-state index in [1.165, 1.54) is 0 Å². The lowest BCUT2D eigenvalue weighted by molar-refractivity contribution is -0.135. The van der Waals surface area contributed by atoms with Gasteiger partial charge in [0, 0.05) is 0 Å². The van der Waals surface area contributed by atoms with Crippen molar-refractivity contribution in [2.45, 2.75) is 6.42 Å². The number of rotatable bonds is 3. The molecule has 0 fully saturated rings. The van der Waals surface area contributed by atoms with E-state index in [0.717, 1.165) is 0 Å². The maximum absolute atomic E-state index is 11.6. The van der Waals surface area contributed by atoms with Gasteiger partial charge in [-0.3, -0.25) is 9.59 Å². The summed E-state index contributed by atoms with van der Waals surface area (Å²) in [7, 11) is 0. The first-order chi connectivity index (χ1) is 8.08. The van der Waals surface area contributed by atoms with Gasteiger partial charge in [0.2, 0.25) is 0 Å². The van der Waals surface area contributed by atoms with Gasteiger partial charge in [0.15, 0.2) is 10.9 Å². The Balaban J connectivity index is 2.50. The molecule has 1 heterocycles. The Kier molecular flexibility index (Phi) is 3.01. The number of para-hydroxylation sites is 2. The van der Waals surface area contributed by atoms with Crippen molar-refractivity contribution in [3.63, 3.8) is 0 Å². The first kappa shape index (κ1) is 11.5. The van der Waals surface area contributed by atoms with Gasteiger partial charge in [-0.15, -0.1) is 0 Å². The lowest BCUT2D eigenvalue weighted by Crippen LogP contribution is -2.10. The highest BCUT2D eigenvalue weighted by Gasteiger charge is 2.17. The summed E-state index contributed by atoms with van der Waals surface area (Å²) in [6, 6.07) is 6.90. The second-order valence-corrected chi connectivity index (χ2v) is 3.70. The van der Waals surface area contributed by atoms with Crippen LogP contribution in [-0.4, -0.2) is 26.8 Å². The predicted octanol–water partition coefficient (Wildman–Crippen LogP) is 1.94. The minimum Gasteiger partial charge on any atom is -0.481 e. The highest BCUT2D eigenvalue weighted by atomic mass is 35.5. The van der Waals surface area contributed by atoms with E-state index in [0.29, 0.717) is 11.0 Å². The van der Waals surface area contributed by atoms with Crippen molar-refractivity contribution in [2.75, 3.05) is 0 Å². The second-order valence-electron chi connectivity index (χ2n) is 3.35. The Bertz CT molecular complexity index is 613. The first-order valence-corrected chi connectivity index (χ1v) is 5.13. The van der Waals surface area contributed by atoms with Crippen LogP contribution in [0, 0.1) is 0 Å². The lowest BCUT2D eigenvalue weighted by atomic mass is 10.2. The predicted molar refractivity (Wildman–Crippen MR) is 61.1 cm³/mol. The van der Waals surface area contributed by atoms with Gasteiger partial charge < -0.3 is 5.11 Å². The number of carboxylic acid groups (broad SMARTS) is 1. The van der Waals surface area contributed by atoms with Crippen LogP contribution >= 0.6 is 11.6 Å². The van der Waals surface area contributed by atoms with Gasteiger partial charge in [-0.25, -0.2) is 9.97 Å². The van der Waals surface area contributed by atoms with Gasteiger partial charge >= 0.3 is 5.97 Å². The van der Waals surface area contributed by atoms with Crippen LogP contribution in [0.1, 0.15) is 16.9 Å². The largest absolute Gasteiger partial charge is 0.481 e. The van der Waals surface area contributed by atoms with Gasteiger partial charge in [0.1, 0.15) is 12.1 Å². The average molecular weight is 251 g/mol. The molecule has 0 spiro atoms. The molecule has 0 amide bonds. The van der Waals surface area contributed by atoms with Crippen LogP contribution in [-0.2, 0) is 4.79 Å². The Morgan fingerprint density at radius 1 is 1.18 bits per heavy atom. The van der Waals surface area contributed by atoms with E-state index >= 15 is 0 Å². The van der Waals surface area contributed by atoms with E-state index < -0.39 is 18.2 Å². The molecule has 6 heteroatoms. The monoisotopic (exact) mass is 250 g/mol. The summed E-state index contributed by atoms with van der Waals surface area (Å²) < 4.78 is 0. The third-order valence-corrected chi connectivity index (χ3v) is 2.37. The molecule has 17 heavy (non-hydrogen) atoms. The van der Waals surface area contributed by atoms with E-state index in [9.17, 15) is 9.59 Å². The second kappa shape index (κ2) is 4.47. The van der Waals surface area contributed by atoms with Gasteiger partial charge in [0.25, 0.3) is 0 Å². The molecule has 0 aliphatic rings. The number of carboxylic acids is 1. The maximum Gasteiger partial charge on any atom is 0.311 e. The molecule has 0 atom stereocenters. The van der Waals surface area contributed by atoms with E-state index in [1.807, 2.05) is 0 Å². The molecule has 0 unspecified atom stereocenters. The molecule has 2 aromatic rings. The van der Waals surface area contributed by atoms with Crippen LogP contribution < -0.4 is 0 Å². The van der Waals surface area contributed by atoms with Crippen LogP contribution in [0.15, 0.2) is 24.3 Å². The smallest absolute Gasteiger partial charge is 0.311 e. The quantitative estimate of drug-likeness (QED) is 0.665. The van der Waals surface area contributed by atoms with Crippen LogP contribution in [0.25, 0.3) is 11.0 Å². The Morgan fingerprint density at radius 2 is 1.76 bits per heavy atom. The van der Waals surface area contributed by atoms with Crippen molar-refractivity contribution in [3.8, 4) is 0 Å². The van der Waals surface area contributed by atoms with Crippen molar-refractivity contribution in [1.29, 1.82) is 0 Å². The fraction of sp³-hybridized carbons (Fsp3) is 0.0909. The number of aliphatic carboxylic acids is 1. The average Bonchev–Trinajstić information content (AvgIpc) is 2.27. The molecule has 0 saturated heterocycles. The number of aromatic nitrogens is 2. The summed E-state index contributed by atoms with van der Waals surface area (Å²) in [5.41, 5.74) is 0.961. The first-order valence-electron chi connectivity index (χ1n) is 4.75. The summed E-state index contributed by atoms with van der Waals surface area (Å²) in [6.45, 7) is 0. The summed E-state index contributed by atoms with van der Waals surface area (Å²) in [6.07, 6.45) is -0.646. The van der Waals surface area contributed by atoms with Crippen LogP contribution in [0.3, 0.4) is 0 Å². The van der Waals surface area contributed by atoms with Gasteiger partial charge in [0.05, 0.1) is 11.0 Å². The number of hydrogen-bond acceptors (Lipinski definition) is 4. The number of hydrogen-bond donors (Lipinski definition) is 1. The fourth-order valence-electron chi connectivity index (χ4n) is 1.38. The molecular weight excluding hydrogens is 244 g/mol. The van der Waals surface area contributed by atoms with Crippen LogP contribution in [0.5, 0.6) is 0 Å². The number of carbonyl (C=O) groups is 2. The Morgan fingerprint density at radius 3 is 2.35 bits per heavy atom. The molecule has 0 radical (unpaired) electrons. The highest BCUT2D eigenvalue weighted by molar-refractivity contribution is 6.33. The highest BCUT2D eigenvalue weighted by Crippen LogP contribution is 2.18. The van der Waals surface area contributed by atoms with Crippen LogP contribution in [0.4, 0.5) is 0 Å². The number of halogens is 1. The molecule has 0 bridgehead atoms. The zero-order valence-corrected chi connectivity index (χ0v) is 9.31. The van der Waals surface area contributed by atoms with Crippen molar-refractivity contribution in [1.82, 2.24) is 9.97 Å². The number of Topliss-reactive ketones (excluding diaryl/α,β-unsaturated/α-hetero) is 1. The zero-order chi connectivity index (χ0) is 12.4. The Labute approximate surface area is 101 Å². The third-order valence-electron chi connectivity index (χ3n) is 2.10. The molecular formula is C11H7ClN2O3. The van der Waals surface area contributed by atoms with E-state index in [4.69, 9.17) is 16.7 Å². The number of benzene rings is 1. The lowest BCUT2D eigenvalue weighted by Gasteiger charge is -2.02. The molecule has 1 aromatic heterocycles. The normalized spacial score (nSPS) is 10.4. The fourth-order valence-corrected chi connectivity index (χ4v) is 1.62. The summed E-state index contributed by atoms with van der Waals surface area (Å²) in [4.78, 5) is 30.0. The third kappa shape index (κ3) is 2.39. The molecule has 0 saturated carbocycles. The standard InChI is InChI=1S/C11H7ClN2O3/c12-11-10(8(15)5-9(16)17)13-6-3-1-2-4-7(6)14-11/h1-4H,5H2,(H,16,17). The molecule has 0 aliphatic carbocycles. The van der Waals surface area contributed by atoms with E-state index in [1.54, 1.807) is 24.3 Å². The topological polar surface area (TPSA) is 80.1 Å². The van der Waals surface area contributed by atoms with Crippen molar-refractivity contribution in [2.24, 2.45) is 0 Å². The molecule has 86 valence electrons. The van der Waals surface area contributed by atoms with E-state index in [2.05, 4.69) is 9.97 Å². The van der Waals surface area contributed by atoms with Crippen LogP contribution in [0.2, 0.25) is 5.15 Å². The number of nitrogens with zero attached hydrogens (tertiary/aromatic N) is 2. The molecule has 5 nitrogen and oxygen atoms in total. The van der Waals surface area contributed by atoms with Crippen molar-refractivity contribution < 1.29 is 14.7 Å². The van der Waals surface area contributed by atoms with Gasteiger partial charge in [-0.05, 0) is 12.1 Å². The number of carbonyl (C=O) groups excluding carboxylic acids is 1. The molecule has 0 aliphatic heterocycles. The molecule has 2 rings (SSSR count). The SMILES string of the molecule is O=C(O)CC(=O)c1nc2ccccc2nc1Cl. The number of ketones is 1. The van der Waals surface area contributed by atoms with Gasteiger partial charge in [-0.2, -0.15) is 0 Å². The minimum absolute atomic E-state index is 0.0741. The molecule has 1 N–H and O–H groups in total. The minimum atomic E-state index is -1.22.